The van der Waals surface area contributed by atoms with E-state index in [2.05, 4.69) is 35.3 Å². The van der Waals surface area contributed by atoms with Crippen LogP contribution in [0.2, 0.25) is 0 Å². The number of hydrogen-bond donors (Lipinski definition) is 0. The number of benzene rings is 3. The first-order chi connectivity index (χ1) is 11.8. The summed E-state index contributed by atoms with van der Waals surface area (Å²) >= 11 is 1.49. The Kier molecular flexibility index (Phi) is 2.94. The van der Waals surface area contributed by atoms with Crippen LogP contribution in [0, 0.1) is 0 Å². The van der Waals surface area contributed by atoms with Crippen LogP contribution in [0.3, 0.4) is 0 Å². The molecule has 0 unspecified atom stereocenters. The largest absolute Gasteiger partial charge is 0.282 e. The number of thiazole rings is 1. The van der Waals surface area contributed by atoms with Gasteiger partial charge in [-0.25, -0.2) is 0 Å². The van der Waals surface area contributed by atoms with Gasteiger partial charge in [-0.05, 0) is 39.3 Å². The van der Waals surface area contributed by atoms with Crippen molar-refractivity contribution >= 4 is 39.0 Å². The molecule has 4 heteroatoms. The van der Waals surface area contributed by atoms with Gasteiger partial charge in [0.15, 0.2) is 4.80 Å². The predicted octanol–water partition coefficient (Wildman–Crippen LogP) is 2.68. The zero-order valence-corrected chi connectivity index (χ0v) is 13.7. The van der Waals surface area contributed by atoms with Crippen LogP contribution in [-0.4, -0.2) is 11.1 Å². The van der Waals surface area contributed by atoms with Crippen molar-refractivity contribution in [2.24, 2.45) is 4.99 Å². The van der Waals surface area contributed by atoms with E-state index in [1.165, 1.54) is 32.9 Å². The van der Waals surface area contributed by atoms with E-state index in [1.807, 2.05) is 30.3 Å². The van der Waals surface area contributed by atoms with Gasteiger partial charge in [0.1, 0.15) is 0 Å². The molecule has 2 heterocycles. The summed E-state index contributed by atoms with van der Waals surface area (Å²) in [6.45, 7) is 1.42. The van der Waals surface area contributed by atoms with Crippen molar-refractivity contribution in [3.63, 3.8) is 0 Å². The summed E-state index contributed by atoms with van der Waals surface area (Å²) < 4.78 is 2.54. The molecule has 0 radical (unpaired) electrons. The minimum atomic E-state index is 0.0771. The minimum Gasteiger partial charge on any atom is -0.282 e. The highest BCUT2D eigenvalue weighted by Crippen LogP contribution is 2.28. The van der Waals surface area contributed by atoms with Gasteiger partial charge in [0, 0.05) is 6.54 Å². The van der Waals surface area contributed by atoms with E-state index in [0.717, 1.165) is 21.4 Å². The fourth-order valence-electron chi connectivity index (χ4n) is 3.40. The fraction of sp³-hybridized carbons (Fsp3) is 0.100. The maximum Gasteiger partial charge on any atom is 0.270 e. The number of nitrogens with zero attached hydrogens (tertiary/aromatic N) is 2. The van der Waals surface area contributed by atoms with E-state index >= 15 is 0 Å². The summed E-state index contributed by atoms with van der Waals surface area (Å²) in [4.78, 5) is 17.9. The van der Waals surface area contributed by atoms with Crippen LogP contribution in [0.1, 0.15) is 5.56 Å². The molecule has 0 N–H and O–H groups in total. The van der Waals surface area contributed by atoms with Crippen LogP contribution in [0.5, 0.6) is 0 Å². The molecule has 3 aromatic carbocycles. The standard InChI is InChI=1S/C20H14N2OS/c23-19-18(24-20-21-9-10-22(19)20)12-17-15-7-3-1-5-13(15)11-14-6-2-4-8-16(14)17/h1-8,11-12H,9-10H2/b18-12-. The van der Waals surface area contributed by atoms with E-state index < -0.39 is 0 Å². The van der Waals surface area contributed by atoms with Crippen LogP contribution in [0.25, 0.3) is 27.6 Å². The molecule has 4 aromatic rings. The third kappa shape index (κ3) is 1.96. The van der Waals surface area contributed by atoms with Crippen molar-refractivity contribution in [3.05, 3.63) is 79.8 Å². The topological polar surface area (TPSA) is 34.4 Å². The lowest BCUT2D eigenvalue weighted by Crippen LogP contribution is -2.29. The highest BCUT2D eigenvalue weighted by Gasteiger charge is 2.11. The molecule has 0 bridgehead atoms. The van der Waals surface area contributed by atoms with E-state index in [0.29, 0.717) is 6.54 Å². The van der Waals surface area contributed by atoms with Crippen LogP contribution in [-0.2, 0) is 6.54 Å². The first-order valence-electron chi connectivity index (χ1n) is 7.98. The zero-order valence-electron chi connectivity index (χ0n) is 12.9. The third-order valence-corrected chi connectivity index (χ3v) is 5.59. The molecule has 5 rings (SSSR count). The van der Waals surface area contributed by atoms with Gasteiger partial charge in [0.25, 0.3) is 5.56 Å². The van der Waals surface area contributed by atoms with Gasteiger partial charge in [-0.1, -0.05) is 59.9 Å². The molecule has 0 fully saturated rings. The van der Waals surface area contributed by atoms with Gasteiger partial charge < -0.3 is 0 Å². The molecule has 0 aliphatic carbocycles. The van der Waals surface area contributed by atoms with Gasteiger partial charge in [-0.2, -0.15) is 0 Å². The summed E-state index contributed by atoms with van der Waals surface area (Å²) in [6.07, 6.45) is 2.04. The molecule has 0 atom stereocenters. The summed E-state index contributed by atoms with van der Waals surface area (Å²) in [5, 5.41) is 4.73. The van der Waals surface area contributed by atoms with Gasteiger partial charge in [-0.3, -0.25) is 14.4 Å². The number of hydrogen-bond acceptors (Lipinski definition) is 3. The highest BCUT2D eigenvalue weighted by molar-refractivity contribution is 7.07. The second-order valence-electron chi connectivity index (χ2n) is 5.96. The molecule has 116 valence electrons. The maximum atomic E-state index is 12.6. The Bertz CT molecular complexity index is 1230. The van der Waals surface area contributed by atoms with Gasteiger partial charge in [0.05, 0.1) is 11.1 Å². The SMILES string of the molecule is O=c1/c(=C/c2c3ccccc3cc3ccccc23)sc2n1CCN=2. The Morgan fingerprint density at radius 1 is 1.00 bits per heavy atom. The quantitative estimate of drug-likeness (QED) is 0.494. The highest BCUT2D eigenvalue weighted by atomic mass is 32.1. The first-order valence-corrected chi connectivity index (χ1v) is 8.79. The van der Waals surface area contributed by atoms with E-state index in [1.54, 1.807) is 4.57 Å². The Morgan fingerprint density at radius 2 is 1.67 bits per heavy atom. The lowest BCUT2D eigenvalue weighted by molar-refractivity contribution is 0.740. The predicted molar refractivity (Wildman–Crippen MR) is 99.2 cm³/mol. The minimum absolute atomic E-state index is 0.0771. The lowest BCUT2D eigenvalue weighted by atomic mass is 9.97. The lowest BCUT2D eigenvalue weighted by Gasteiger charge is -2.07. The monoisotopic (exact) mass is 330 g/mol. The van der Waals surface area contributed by atoms with Gasteiger partial charge in [-0.15, -0.1) is 0 Å². The van der Waals surface area contributed by atoms with Gasteiger partial charge in [0.2, 0.25) is 0 Å². The van der Waals surface area contributed by atoms with E-state index in [-0.39, 0.29) is 5.56 Å². The fourth-order valence-corrected chi connectivity index (χ4v) is 4.42. The van der Waals surface area contributed by atoms with Crippen LogP contribution in [0.15, 0.2) is 64.4 Å². The average molecular weight is 330 g/mol. The van der Waals surface area contributed by atoms with Crippen molar-refractivity contribution in [1.82, 2.24) is 4.57 Å². The Labute approximate surface area is 141 Å². The molecule has 3 nitrogen and oxygen atoms in total. The molecule has 0 spiro atoms. The Morgan fingerprint density at radius 3 is 2.33 bits per heavy atom. The first kappa shape index (κ1) is 13.7. The molecule has 24 heavy (non-hydrogen) atoms. The second-order valence-corrected chi connectivity index (χ2v) is 6.97. The Balaban J connectivity index is 1.95. The molecule has 1 aliphatic rings. The molecule has 0 amide bonds. The maximum absolute atomic E-state index is 12.6. The van der Waals surface area contributed by atoms with Crippen molar-refractivity contribution < 1.29 is 0 Å². The summed E-state index contributed by atoms with van der Waals surface area (Å²) in [7, 11) is 0. The second kappa shape index (κ2) is 5.14. The Hall–Kier alpha value is -2.72. The van der Waals surface area contributed by atoms with Crippen LogP contribution >= 0.6 is 11.3 Å². The van der Waals surface area contributed by atoms with E-state index in [9.17, 15) is 4.79 Å². The molecule has 0 saturated carbocycles. The molecular formula is C20H14N2OS. The molecule has 0 saturated heterocycles. The molecule has 1 aromatic heterocycles. The van der Waals surface area contributed by atoms with Crippen molar-refractivity contribution in [2.75, 3.05) is 6.54 Å². The molecular weight excluding hydrogens is 316 g/mol. The van der Waals surface area contributed by atoms with Crippen molar-refractivity contribution in [2.45, 2.75) is 6.54 Å². The third-order valence-electron chi connectivity index (χ3n) is 4.55. The smallest absolute Gasteiger partial charge is 0.270 e. The van der Waals surface area contributed by atoms with Crippen LogP contribution in [0.4, 0.5) is 0 Å². The number of rotatable bonds is 1. The van der Waals surface area contributed by atoms with Crippen LogP contribution < -0.4 is 14.9 Å². The van der Waals surface area contributed by atoms with Crippen molar-refractivity contribution in [3.8, 4) is 0 Å². The summed E-state index contributed by atoms with van der Waals surface area (Å²) in [5.74, 6) is 0. The normalized spacial score (nSPS) is 14.2. The molecule has 1 aliphatic heterocycles. The number of aromatic nitrogens is 1. The number of fused-ring (bicyclic) bond motifs is 3. The van der Waals surface area contributed by atoms with E-state index in [4.69, 9.17) is 0 Å². The van der Waals surface area contributed by atoms with Gasteiger partial charge >= 0.3 is 0 Å². The zero-order chi connectivity index (χ0) is 16.1. The van der Waals surface area contributed by atoms with Crippen molar-refractivity contribution in [1.29, 1.82) is 0 Å². The summed E-state index contributed by atoms with van der Waals surface area (Å²) in [6, 6.07) is 18.9. The average Bonchev–Trinajstić information content (AvgIpc) is 3.18. The summed E-state index contributed by atoms with van der Waals surface area (Å²) in [5.41, 5.74) is 1.19.